The average molecular weight is 259 g/mol. The highest BCUT2D eigenvalue weighted by atomic mass is 35.5. The fourth-order valence-corrected chi connectivity index (χ4v) is 1.37. The number of carbonyl (C=O) groups excluding carboxylic acids is 1. The molecule has 0 atom stereocenters. The number of aromatic nitrogens is 2. The first-order valence-corrected chi connectivity index (χ1v) is 5.50. The zero-order valence-corrected chi connectivity index (χ0v) is 10.5. The molecule has 0 aliphatic rings. The van der Waals surface area contributed by atoms with E-state index in [9.17, 15) is 4.79 Å². The second kappa shape index (κ2) is 7.16. The molecule has 0 fully saturated rings. The number of ether oxygens (including phenoxy) is 1. The Kier molecular flexibility index (Phi) is 5.82. The summed E-state index contributed by atoms with van der Waals surface area (Å²) in [6.45, 7) is 3.12. The van der Waals surface area contributed by atoms with Crippen LogP contribution < -0.4 is 10.6 Å². The molecule has 1 rings (SSSR count). The van der Waals surface area contributed by atoms with Gasteiger partial charge in [-0.1, -0.05) is 11.6 Å². The molecule has 0 aliphatic heterocycles. The Bertz CT molecular complexity index is 366. The average Bonchev–Trinajstić information content (AvgIpc) is 2.23. The quantitative estimate of drug-likeness (QED) is 0.578. The Morgan fingerprint density at radius 1 is 1.53 bits per heavy atom. The molecule has 0 bridgehead atoms. The first-order valence-electron chi connectivity index (χ1n) is 5.12. The smallest absolute Gasteiger partial charge is 0.240 e. The Morgan fingerprint density at radius 2 is 2.29 bits per heavy atom. The van der Waals surface area contributed by atoms with E-state index in [1.165, 1.54) is 0 Å². The van der Waals surface area contributed by atoms with Gasteiger partial charge < -0.3 is 10.1 Å². The molecule has 0 unspecified atom stereocenters. The highest BCUT2D eigenvalue weighted by Gasteiger charge is 2.05. The molecule has 7 heteroatoms. The fourth-order valence-electron chi connectivity index (χ4n) is 1.13. The molecule has 2 N–H and O–H groups in total. The van der Waals surface area contributed by atoms with E-state index in [0.29, 0.717) is 24.0 Å². The van der Waals surface area contributed by atoms with Crippen molar-refractivity contribution < 1.29 is 9.53 Å². The number of nitrogens with zero attached hydrogens (tertiary/aromatic N) is 2. The summed E-state index contributed by atoms with van der Waals surface area (Å²) >= 11 is 5.74. The topological polar surface area (TPSA) is 76.1 Å². The lowest BCUT2D eigenvalue weighted by Gasteiger charge is -2.05. The number of hydrogen-bond donors (Lipinski definition) is 2. The van der Waals surface area contributed by atoms with Crippen LogP contribution in [0.15, 0.2) is 6.07 Å². The van der Waals surface area contributed by atoms with Crippen LogP contribution in [-0.4, -0.2) is 42.7 Å². The summed E-state index contributed by atoms with van der Waals surface area (Å²) in [5, 5.41) is 5.77. The molecule has 0 radical (unpaired) electrons. The third kappa shape index (κ3) is 5.58. The van der Waals surface area contributed by atoms with Crippen molar-refractivity contribution in [2.75, 3.05) is 32.1 Å². The lowest BCUT2D eigenvalue weighted by Crippen LogP contribution is -2.30. The van der Waals surface area contributed by atoms with Gasteiger partial charge in [0.1, 0.15) is 5.15 Å². The van der Waals surface area contributed by atoms with Gasteiger partial charge in [-0.15, -0.1) is 0 Å². The number of hydrogen-bond acceptors (Lipinski definition) is 5. The highest BCUT2D eigenvalue weighted by molar-refractivity contribution is 6.29. The summed E-state index contributed by atoms with van der Waals surface area (Å²) in [6.07, 6.45) is 0. The number of rotatable bonds is 6. The van der Waals surface area contributed by atoms with Gasteiger partial charge in [-0.3, -0.25) is 10.1 Å². The second-order valence-electron chi connectivity index (χ2n) is 3.37. The lowest BCUT2D eigenvalue weighted by atomic mass is 10.4. The molecular formula is C10H15ClN4O2. The molecule has 94 valence electrons. The lowest BCUT2D eigenvalue weighted by molar-refractivity contribution is -0.115. The zero-order chi connectivity index (χ0) is 12.7. The first kappa shape index (κ1) is 13.8. The van der Waals surface area contributed by atoms with Crippen LogP contribution in [0.25, 0.3) is 0 Å². The molecule has 17 heavy (non-hydrogen) atoms. The molecule has 0 saturated heterocycles. The number of methoxy groups -OCH3 is 1. The first-order chi connectivity index (χ1) is 8.11. The highest BCUT2D eigenvalue weighted by Crippen LogP contribution is 2.09. The molecule has 1 aromatic heterocycles. The van der Waals surface area contributed by atoms with Gasteiger partial charge in [0.05, 0.1) is 13.2 Å². The molecule has 0 spiro atoms. The molecule has 1 amide bonds. The number of aryl methyl sites for hydroxylation is 1. The number of amides is 1. The minimum Gasteiger partial charge on any atom is -0.383 e. The van der Waals surface area contributed by atoms with Gasteiger partial charge in [0, 0.05) is 19.3 Å². The van der Waals surface area contributed by atoms with Crippen molar-refractivity contribution in [2.24, 2.45) is 0 Å². The zero-order valence-electron chi connectivity index (χ0n) is 9.79. The maximum atomic E-state index is 11.5. The van der Waals surface area contributed by atoms with Crippen LogP contribution in [0.1, 0.15) is 5.69 Å². The van der Waals surface area contributed by atoms with Crippen LogP contribution in [0.4, 0.5) is 5.95 Å². The van der Waals surface area contributed by atoms with Crippen LogP contribution in [0.2, 0.25) is 5.15 Å². The summed E-state index contributed by atoms with van der Waals surface area (Å²) in [5.41, 5.74) is 0.702. The standard InChI is InChI=1S/C10H15ClN4O2/c1-7-5-8(11)14-10(13-7)15-9(16)6-12-3-4-17-2/h5,12H,3-4,6H2,1-2H3,(H,13,14,15,16). The molecule has 1 heterocycles. The van der Waals surface area contributed by atoms with Crippen molar-refractivity contribution in [3.8, 4) is 0 Å². The van der Waals surface area contributed by atoms with Gasteiger partial charge in [0.25, 0.3) is 0 Å². The number of anilines is 1. The predicted octanol–water partition coefficient (Wildman–Crippen LogP) is 0.613. The van der Waals surface area contributed by atoms with Crippen molar-refractivity contribution in [3.05, 3.63) is 16.9 Å². The van der Waals surface area contributed by atoms with Crippen LogP contribution in [0, 0.1) is 6.92 Å². The van der Waals surface area contributed by atoms with Crippen LogP contribution in [0.3, 0.4) is 0 Å². The third-order valence-corrected chi connectivity index (χ3v) is 2.04. The minimum atomic E-state index is -0.220. The maximum absolute atomic E-state index is 11.5. The summed E-state index contributed by atoms with van der Waals surface area (Å²) in [6, 6.07) is 1.62. The molecule has 1 aromatic rings. The van der Waals surface area contributed by atoms with Crippen molar-refractivity contribution >= 4 is 23.5 Å². The predicted molar refractivity (Wildman–Crippen MR) is 65.2 cm³/mol. The Morgan fingerprint density at radius 3 is 2.94 bits per heavy atom. The van der Waals surface area contributed by atoms with E-state index in [4.69, 9.17) is 16.3 Å². The fraction of sp³-hybridized carbons (Fsp3) is 0.500. The van der Waals surface area contributed by atoms with Crippen LogP contribution in [-0.2, 0) is 9.53 Å². The summed E-state index contributed by atoms with van der Waals surface area (Å²) in [5.74, 6) is -0.00342. The largest absolute Gasteiger partial charge is 0.383 e. The van der Waals surface area contributed by atoms with E-state index in [2.05, 4.69) is 20.6 Å². The Balaban J connectivity index is 2.39. The molecule has 6 nitrogen and oxygen atoms in total. The normalized spacial score (nSPS) is 10.3. The summed E-state index contributed by atoms with van der Waals surface area (Å²) < 4.78 is 4.84. The van der Waals surface area contributed by atoms with Crippen LogP contribution in [0.5, 0.6) is 0 Å². The molecular weight excluding hydrogens is 244 g/mol. The van der Waals surface area contributed by atoms with Crippen molar-refractivity contribution in [3.63, 3.8) is 0 Å². The molecule has 0 aliphatic carbocycles. The van der Waals surface area contributed by atoms with E-state index < -0.39 is 0 Å². The van der Waals surface area contributed by atoms with Crippen molar-refractivity contribution in [1.29, 1.82) is 0 Å². The van der Waals surface area contributed by atoms with Crippen LogP contribution >= 0.6 is 11.6 Å². The van der Waals surface area contributed by atoms with Gasteiger partial charge in [0.2, 0.25) is 11.9 Å². The number of carbonyl (C=O) groups is 1. The van der Waals surface area contributed by atoms with Crippen molar-refractivity contribution in [1.82, 2.24) is 15.3 Å². The summed E-state index contributed by atoms with van der Waals surface area (Å²) in [7, 11) is 1.60. The molecule has 0 aromatic carbocycles. The van der Waals surface area contributed by atoms with E-state index in [-0.39, 0.29) is 18.4 Å². The Labute approximate surface area is 105 Å². The van der Waals surface area contributed by atoms with Gasteiger partial charge in [-0.25, -0.2) is 9.97 Å². The van der Waals surface area contributed by atoms with E-state index in [1.54, 1.807) is 20.1 Å². The maximum Gasteiger partial charge on any atom is 0.240 e. The SMILES string of the molecule is COCCNCC(=O)Nc1nc(C)cc(Cl)n1. The van der Waals surface area contributed by atoms with E-state index >= 15 is 0 Å². The minimum absolute atomic E-state index is 0.179. The monoisotopic (exact) mass is 258 g/mol. The number of halogens is 1. The molecule has 0 saturated carbocycles. The Hall–Kier alpha value is -1.24. The third-order valence-electron chi connectivity index (χ3n) is 1.84. The summed E-state index contributed by atoms with van der Waals surface area (Å²) in [4.78, 5) is 19.4. The van der Waals surface area contributed by atoms with E-state index in [0.717, 1.165) is 0 Å². The number of nitrogens with one attached hydrogen (secondary N) is 2. The second-order valence-corrected chi connectivity index (χ2v) is 3.76. The van der Waals surface area contributed by atoms with Gasteiger partial charge >= 0.3 is 0 Å². The van der Waals surface area contributed by atoms with Gasteiger partial charge in [-0.2, -0.15) is 0 Å². The van der Waals surface area contributed by atoms with Gasteiger partial charge in [-0.05, 0) is 13.0 Å². The van der Waals surface area contributed by atoms with Gasteiger partial charge in [0.15, 0.2) is 0 Å². The van der Waals surface area contributed by atoms with E-state index in [1.807, 2.05) is 0 Å². The van der Waals surface area contributed by atoms with Crippen molar-refractivity contribution in [2.45, 2.75) is 6.92 Å².